The highest BCUT2D eigenvalue weighted by Crippen LogP contribution is 2.37. The van der Waals surface area contributed by atoms with Crippen LogP contribution < -0.4 is 5.32 Å². The monoisotopic (exact) mass is 500 g/mol. The lowest BCUT2D eigenvalue weighted by Gasteiger charge is -2.35. The summed E-state index contributed by atoms with van der Waals surface area (Å²) < 4.78 is 5.45. The van der Waals surface area contributed by atoms with Gasteiger partial charge >= 0.3 is 6.03 Å². The lowest BCUT2D eigenvalue weighted by atomic mass is 9.94. The van der Waals surface area contributed by atoms with E-state index in [1.807, 2.05) is 61.5 Å². The number of nitrogens with one attached hydrogen (secondary N) is 1. The number of aryl methyl sites for hydroxylation is 1. The van der Waals surface area contributed by atoms with Crippen LogP contribution in [0.1, 0.15) is 22.7 Å². The Labute approximate surface area is 217 Å². The van der Waals surface area contributed by atoms with Gasteiger partial charge in [-0.05, 0) is 18.1 Å². The summed E-state index contributed by atoms with van der Waals surface area (Å²) in [6, 6.07) is 16.0. The maximum absolute atomic E-state index is 14.1. The number of ether oxygens (including phenoxy) is 1. The van der Waals surface area contributed by atoms with Gasteiger partial charge < -0.3 is 19.9 Å². The van der Waals surface area contributed by atoms with Crippen molar-refractivity contribution in [2.75, 3.05) is 39.4 Å². The van der Waals surface area contributed by atoms with Crippen LogP contribution in [0.4, 0.5) is 4.79 Å². The molecule has 8 heteroatoms. The van der Waals surface area contributed by atoms with Crippen molar-refractivity contribution < 1.29 is 19.1 Å². The van der Waals surface area contributed by atoms with Gasteiger partial charge in [0, 0.05) is 26.1 Å². The number of nitrogens with zero attached hydrogens (tertiary/aromatic N) is 3. The third kappa shape index (κ3) is 4.89. The smallest absolute Gasteiger partial charge is 0.322 e. The van der Waals surface area contributed by atoms with E-state index in [4.69, 9.17) is 4.74 Å². The number of benzene rings is 2. The number of morpholine rings is 1. The summed E-state index contributed by atoms with van der Waals surface area (Å²) >= 11 is 0. The molecule has 8 nitrogen and oxygen atoms in total. The van der Waals surface area contributed by atoms with Gasteiger partial charge in [-0.2, -0.15) is 0 Å². The molecule has 37 heavy (non-hydrogen) atoms. The largest absolute Gasteiger partial charge is 0.378 e. The molecule has 2 atom stereocenters. The third-order valence-corrected chi connectivity index (χ3v) is 7.23. The van der Waals surface area contributed by atoms with Crippen LogP contribution in [-0.4, -0.2) is 78.0 Å². The van der Waals surface area contributed by atoms with Crippen LogP contribution in [0, 0.1) is 6.92 Å². The summed E-state index contributed by atoms with van der Waals surface area (Å²) in [5.74, 6) is -0.320. The fourth-order valence-corrected chi connectivity index (χ4v) is 5.26. The van der Waals surface area contributed by atoms with E-state index >= 15 is 0 Å². The first-order valence-corrected chi connectivity index (χ1v) is 12.7. The lowest BCUT2D eigenvalue weighted by Crippen LogP contribution is -2.53. The number of carbonyl (C=O) groups is 3. The zero-order valence-corrected chi connectivity index (χ0v) is 21.1. The first kappa shape index (κ1) is 24.8. The van der Waals surface area contributed by atoms with E-state index in [9.17, 15) is 14.4 Å². The first-order chi connectivity index (χ1) is 18.0. The number of rotatable bonds is 7. The lowest BCUT2D eigenvalue weighted by molar-refractivity contribution is -0.145. The molecule has 0 aliphatic carbocycles. The van der Waals surface area contributed by atoms with Crippen molar-refractivity contribution in [3.8, 4) is 0 Å². The Morgan fingerprint density at radius 1 is 1.11 bits per heavy atom. The van der Waals surface area contributed by atoms with Crippen molar-refractivity contribution in [1.29, 1.82) is 0 Å². The van der Waals surface area contributed by atoms with Gasteiger partial charge in [-0.25, -0.2) is 4.79 Å². The van der Waals surface area contributed by atoms with Gasteiger partial charge in [0.1, 0.15) is 6.04 Å². The summed E-state index contributed by atoms with van der Waals surface area (Å²) in [5.41, 5.74) is 4.04. The molecule has 2 aromatic carbocycles. The molecule has 2 aromatic rings. The van der Waals surface area contributed by atoms with E-state index in [1.165, 1.54) is 0 Å². The zero-order chi connectivity index (χ0) is 25.9. The second kappa shape index (κ2) is 10.6. The number of hydrogen-bond acceptors (Lipinski definition) is 4. The SMILES string of the molecule is C=CCN1C(=O)N[C@H](c2ccc(C)cc2)C2=C1CN([C@@H](Cc1ccccc1)C(=O)N1CCOCC1)C2=O. The average molecular weight is 501 g/mol. The van der Waals surface area contributed by atoms with E-state index < -0.39 is 12.1 Å². The highest BCUT2D eigenvalue weighted by atomic mass is 16.5. The van der Waals surface area contributed by atoms with Crippen molar-refractivity contribution in [2.24, 2.45) is 0 Å². The first-order valence-electron chi connectivity index (χ1n) is 12.7. The van der Waals surface area contributed by atoms with Gasteiger partial charge in [-0.1, -0.05) is 66.2 Å². The minimum absolute atomic E-state index is 0.0956. The van der Waals surface area contributed by atoms with Gasteiger partial charge in [-0.3, -0.25) is 14.5 Å². The predicted molar refractivity (Wildman–Crippen MR) is 139 cm³/mol. The number of hydrogen-bond donors (Lipinski definition) is 1. The molecule has 5 rings (SSSR count). The third-order valence-electron chi connectivity index (χ3n) is 7.23. The molecule has 1 saturated heterocycles. The van der Waals surface area contributed by atoms with Crippen molar-refractivity contribution in [2.45, 2.75) is 25.4 Å². The second-order valence-electron chi connectivity index (χ2n) is 9.63. The minimum atomic E-state index is -0.696. The van der Waals surface area contributed by atoms with E-state index in [0.29, 0.717) is 44.0 Å². The van der Waals surface area contributed by atoms with Crippen molar-refractivity contribution in [3.63, 3.8) is 0 Å². The number of urea groups is 1. The Morgan fingerprint density at radius 3 is 2.49 bits per heavy atom. The van der Waals surface area contributed by atoms with Gasteiger partial charge in [0.25, 0.3) is 5.91 Å². The Kier molecular flexibility index (Phi) is 7.10. The molecule has 0 unspecified atom stereocenters. The molecule has 192 valence electrons. The molecule has 1 N–H and O–H groups in total. The van der Waals surface area contributed by atoms with Crippen LogP contribution >= 0.6 is 0 Å². The van der Waals surface area contributed by atoms with Crippen LogP contribution in [0.5, 0.6) is 0 Å². The molecule has 3 heterocycles. The Morgan fingerprint density at radius 2 is 1.81 bits per heavy atom. The summed E-state index contributed by atoms with van der Waals surface area (Å²) in [6.07, 6.45) is 2.03. The Balaban J connectivity index is 1.52. The molecule has 4 amide bonds. The molecular weight excluding hydrogens is 468 g/mol. The maximum Gasteiger partial charge on any atom is 0.322 e. The molecule has 3 aliphatic heterocycles. The van der Waals surface area contributed by atoms with E-state index in [0.717, 1.165) is 16.7 Å². The van der Waals surface area contributed by atoms with Gasteiger partial charge in [0.2, 0.25) is 5.91 Å². The molecule has 0 aromatic heterocycles. The van der Waals surface area contributed by atoms with Crippen LogP contribution in [-0.2, 0) is 20.7 Å². The zero-order valence-electron chi connectivity index (χ0n) is 21.1. The second-order valence-corrected chi connectivity index (χ2v) is 9.63. The highest BCUT2D eigenvalue weighted by Gasteiger charge is 2.47. The van der Waals surface area contributed by atoms with Gasteiger partial charge in [-0.15, -0.1) is 6.58 Å². The summed E-state index contributed by atoms with van der Waals surface area (Å²) in [7, 11) is 0. The van der Waals surface area contributed by atoms with Crippen molar-refractivity contribution in [3.05, 3.63) is 95.2 Å². The predicted octanol–water partition coefficient (Wildman–Crippen LogP) is 2.81. The maximum atomic E-state index is 14.1. The molecule has 0 spiro atoms. The van der Waals surface area contributed by atoms with Crippen molar-refractivity contribution in [1.82, 2.24) is 20.0 Å². The average Bonchev–Trinajstić information content (AvgIpc) is 3.26. The van der Waals surface area contributed by atoms with Crippen LogP contribution in [0.25, 0.3) is 0 Å². The molecule has 1 fully saturated rings. The van der Waals surface area contributed by atoms with Crippen LogP contribution in [0.3, 0.4) is 0 Å². The topological polar surface area (TPSA) is 82.2 Å². The Bertz CT molecular complexity index is 1220. The van der Waals surface area contributed by atoms with Crippen molar-refractivity contribution >= 4 is 17.8 Å². The molecule has 0 radical (unpaired) electrons. The van der Waals surface area contributed by atoms with E-state index in [2.05, 4.69) is 11.9 Å². The van der Waals surface area contributed by atoms with Crippen LogP contribution in [0.15, 0.2) is 78.5 Å². The Hall–Kier alpha value is -3.91. The molecule has 0 bridgehead atoms. The highest BCUT2D eigenvalue weighted by molar-refractivity contribution is 6.03. The fraction of sp³-hybridized carbons (Fsp3) is 0.345. The normalized spacial score (nSPS) is 20.6. The summed E-state index contributed by atoms with van der Waals surface area (Å²) in [4.78, 5) is 46.1. The fourth-order valence-electron chi connectivity index (χ4n) is 5.26. The van der Waals surface area contributed by atoms with E-state index in [1.54, 1.807) is 20.8 Å². The minimum Gasteiger partial charge on any atom is -0.378 e. The quantitative estimate of drug-likeness (QED) is 0.593. The summed E-state index contributed by atoms with van der Waals surface area (Å²) in [6.45, 7) is 8.19. The number of amides is 4. The van der Waals surface area contributed by atoms with Gasteiger partial charge in [0.15, 0.2) is 0 Å². The van der Waals surface area contributed by atoms with E-state index in [-0.39, 0.29) is 30.9 Å². The standard InChI is InChI=1S/C29H32N4O4/c1-3-13-32-24-19-33(28(35)25(24)26(30-29(32)36)22-11-9-20(2)10-12-22)23(18-21-7-5-4-6-8-21)27(34)31-14-16-37-17-15-31/h3-12,23,26H,1,13-19H2,2H3,(H,30,36)/t23-,26+/m0/s1. The van der Waals surface area contributed by atoms with Gasteiger partial charge in [0.05, 0.1) is 37.1 Å². The number of carbonyl (C=O) groups excluding carboxylic acids is 3. The molecule has 3 aliphatic rings. The molecular formula is C29H32N4O4. The molecule has 0 saturated carbocycles. The summed E-state index contributed by atoms with van der Waals surface area (Å²) in [5, 5.41) is 3.01. The van der Waals surface area contributed by atoms with Crippen LogP contribution in [0.2, 0.25) is 0 Å².